The second-order valence-electron chi connectivity index (χ2n) is 8.52. The van der Waals surface area contributed by atoms with E-state index in [0.717, 1.165) is 57.3 Å². The number of nitrogens with zero attached hydrogens (tertiary/aromatic N) is 1. The van der Waals surface area contributed by atoms with Gasteiger partial charge in [0.2, 0.25) is 0 Å². The summed E-state index contributed by atoms with van der Waals surface area (Å²) >= 11 is 1.20. The summed E-state index contributed by atoms with van der Waals surface area (Å²) in [4.78, 5) is 26.5. The molecule has 0 aliphatic carbocycles. The number of thiazole rings is 1. The third-order valence-electron chi connectivity index (χ3n) is 5.65. The van der Waals surface area contributed by atoms with Gasteiger partial charge in [-0.2, -0.15) is 0 Å². The van der Waals surface area contributed by atoms with E-state index in [4.69, 9.17) is 25.0 Å². The maximum Gasteiger partial charge on any atom is 0.305 e. The fraction of sp³-hybridized carbons (Fsp3) is 0.258. The average Bonchev–Trinajstić information content (AvgIpc) is 3.53. The van der Waals surface area contributed by atoms with Crippen LogP contribution in [0.1, 0.15) is 35.2 Å². The molecule has 0 radical (unpaired) electrons. The van der Waals surface area contributed by atoms with Gasteiger partial charge in [0.15, 0.2) is 0 Å². The number of methoxy groups -OCH3 is 1. The van der Waals surface area contributed by atoms with Gasteiger partial charge in [-0.25, -0.2) is 4.98 Å². The standard InChI is InChI=1S/C17H20N2O.C9H9NO2S.C2H3N.C2H4.CH2O/c1-11-3-5-13(6-4-11)16-17-15(12(2)10-20-17)9-14(19-16)7-8-18;1-5-3-6(12-2)8-7(4-5)13-9(11)10-8;1-2-3;2*1-2/h3-6,9,12H,7-8,10,18H2,1-2H3;3-4H,1-2H3,(H,10,11);1H,3H2;1-2H2;1H2. The minimum atomic E-state index is -0.0427. The largest absolute Gasteiger partial charge is 0.495 e. The van der Waals surface area contributed by atoms with Gasteiger partial charge in [0.05, 0.1) is 18.4 Å². The Morgan fingerprint density at radius 1 is 1.18 bits per heavy atom. The number of H-pyrrole nitrogens is 1. The second kappa shape index (κ2) is 17.2. The molecule has 8 nitrogen and oxygen atoms in total. The van der Waals surface area contributed by atoms with E-state index in [9.17, 15) is 4.79 Å². The molecule has 40 heavy (non-hydrogen) atoms. The fourth-order valence-electron chi connectivity index (χ4n) is 3.92. The van der Waals surface area contributed by atoms with Gasteiger partial charge in [0.25, 0.3) is 0 Å². The Balaban J connectivity index is 0.000000345. The number of pyridine rings is 1. The van der Waals surface area contributed by atoms with Crippen LogP contribution in [0.3, 0.4) is 0 Å². The third-order valence-corrected chi connectivity index (χ3v) is 6.48. The number of hydrogen-bond donors (Lipinski definition) is 3. The van der Waals surface area contributed by atoms with Crippen molar-refractivity contribution in [1.29, 1.82) is 0 Å². The maximum atomic E-state index is 11.1. The number of terminal acetylenes is 1. The van der Waals surface area contributed by atoms with E-state index in [2.05, 4.69) is 74.5 Å². The number of carbonyl (C=O) groups excluding carboxylic acids is 1. The van der Waals surface area contributed by atoms with Crippen molar-refractivity contribution in [1.82, 2.24) is 9.97 Å². The number of aromatic amines is 1. The summed E-state index contributed by atoms with van der Waals surface area (Å²) < 4.78 is 12.0. The van der Waals surface area contributed by atoms with Crippen LogP contribution in [-0.2, 0) is 11.2 Å². The molecule has 0 saturated heterocycles. The van der Waals surface area contributed by atoms with Crippen molar-refractivity contribution in [2.24, 2.45) is 11.5 Å². The number of ether oxygens (including phenoxy) is 2. The molecule has 5 rings (SSSR count). The minimum Gasteiger partial charge on any atom is -0.495 e. The van der Waals surface area contributed by atoms with Gasteiger partial charge >= 0.3 is 4.87 Å². The highest BCUT2D eigenvalue weighted by Crippen LogP contribution is 2.41. The first-order chi connectivity index (χ1) is 19.3. The molecule has 1 unspecified atom stereocenters. The molecule has 1 aliphatic heterocycles. The number of carbonyl (C=O) groups is 1. The second-order valence-corrected chi connectivity index (χ2v) is 9.53. The topological polar surface area (TPSA) is 133 Å². The number of aryl methyl sites for hydroxylation is 2. The Hall–Kier alpha value is -4.39. The Bertz CT molecular complexity index is 1450. The number of nitrogens with two attached hydrogens (primary N) is 2. The van der Waals surface area contributed by atoms with Gasteiger partial charge in [0.1, 0.15) is 29.5 Å². The predicted molar refractivity (Wildman–Crippen MR) is 166 cm³/mol. The number of hydrogen-bond acceptors (Lipinski definition) is 8. The lowest BCUT2D eigenvalue weighted by atomic mass is 9.99. The van der Waals surface area contributed by atoms with E-state index in [0.29, 0.717) is 12.5 Å². The van der Waals surface area contributed by atoms with Crippen molar-refractivity contribution < 1.29 is 14.3 Å². The number of rotatable bonds is 4. The van der Waals surface area contributed by atoms with Crippen molar-refractivity contribution in [3.05, 3.63) is 87.7 Å². The van der Waals surface area contributed by atoms with Crippen LogP contribution in [0.2, 0.25) is 0 Å². The van der Waals surface area contributed by atoms with Crippen LogP contribution < -0.4 is 25.8 Å². The molecule has 1 aliphatic rings. The molecular weight excluding hydrogens is 524 g/mol. The van der Waals surface area contributed by atoms with Gasteiger partial charge in [-0.3, -0.25) is 4.79 Å². The van der Waals surface area contributed by atoms with E-state index in [-0.39, 0.29) is 4.87 Å². The van der Waals surface area contributed by atoms with Crippen LogP contribution in [0.5, 0.6) is 11.5 Å². The van der Waals surface area contributed by atoms with Crippen LogP contribution in [0.4, 0.5) is 0 Å². The van der Waals surface area contributed by atoms with Crippen LogP contribution in [0, 0.1) is 26.3 Å². The summed E-state index contributed by atoms with van der Waals surface area (Å²) in [6.45, 7) is 15.6. The lowest BCUT2D eigenvalue weighted by Gasteiger charge is -2.11. The minimum absolute atomic E-state index is 0.0427. The van der Waals surface area contributed by atoms with Crippen LogP contribution in [-0.4, -0.2) is 37.0 Å². The maximum absolute atomic E-state index is 11.1. The zero-order valence-corrected chi connectivity index (χ0v) is 24.4. The molecule has 9 heteroatoms. The summed E-state index contributed by atoms with van der Waals surface area (Å²) in [7, 11) is 1.60. The van der Waals surface area contributed by atoms with Gasteiger partial charge in [0, 0.05) is 29.2 Å². The van der Waals surface area contributed by atoms with Gasteiger partial charge < -0.3 is 30.7 Å². The normalized spacial score (nSPS) is 12.2. The lowest BCUT2D eigenvalue weighted by molar-refractivity contribution is -0.0980. The van der Waals surface area contributed by atoms with Crippen molar-refractivity contribution in [3.8, 4) is 35.2 Å². The summed E-state index contributed by atoms with van der Waals surface area (Å²) in [6, 6.07) is 16.2. The quantitative estimate of drug-likeness (QED) is 0.179. The highest BCUT2D eigenvalue weighted by atomic mass is 32.1. The molecule has 5 N–H and O–H groups in total. The van der Waals surface area contributed by atoms with Crippen LogP contribution in [0.15, 0.2) is 60.4 Å². The Labute approximate surface area is 240 Å². The number of fused-ring (bicyclic) bond motifs is 2. The van der Waals surface area contributed by atoms with E-state index in [1.807, 2.05) is 25.8 Å². The average molecular weight is 563 g/mol. The van der Waals surface area contributed by atoms with Crippen molar-refractivity contribution >= 4 is 28.3 Å². The molecular formula is C31H38N4O4S. The smallest absolute Gasteiger partial charge is 0.305 e. The zero-order valence-electron chi connectivity index (χ0n) is 23.6. The van der Waals surface area contributed by atoms with E-state index in [1.165, 1.54) is 22.5 Å². The highest BCUT2D eigenvalue weighted by Gasteiger charge is 2.25. The first-order valence-corrected chi connectivity index (χ1v) is 13.2. The van der Waals surface area contributed by atoms with Crippen LogP contribution >= 0.6 is 11.3 Å². The Kier molecular flexibility index (Phi) is 14.5. The molecule has 212 valence electrons. The predicted octanol–water partition coefficient (Wildman–Crippen LogP) is 5.11. The van der Waals surface area contributed by atoms with Crippen molar-refractivity contribution in [2.45, 2.75) is 33.1 Å². The number of benzene rings is 2. The molecule has 0 fully saturated rings. The van der Waals surface area contributed by atoms with Gasteiger partial charge in [-0.05, 0) is 50.2 Å². The first kappa shape index (κ1) is 33.6. The molecule has 0 bridgehead atoms. The molecule has 2 aromatic heterocycles. The van der Waals surface area contributed by atoms with E-state index >= 15 is 0 Å². The summed E-state index contributed by atoms with van der Waals surface area (Å²) in [5.41, 5.74) is 17.6. The summed E-state index contributed by atoms with van der Waals surface area (Å²) in [6.07, 6.45) is 5.18. The monoisotopic (exact) mass is 562 g/mol. The molecule has 0 spiro atoms. The number of nitrogens with one attached hydrogen (secondary N) is 1. The first-order valence-electron chi connectivity index (χ1n) is 12.4. The molecule has 0 amide bonds. The zero-order chi connectivity index (χ0) is 30.2. The third kappa shape index (κ3) is 8.83. The fourth-order valence-corrected chi connectivity index (χ4v) is 4.77. The van der Waals surface area contributed by atoms with Crippen molar-refractivity contribution in [3.63, 3.8) is 0 Å². The lowest BCUT2D eigenvalue weighted by Crippen LogP contribution is -2.06. The Morgan fingerprint density at radius 3 is 2.38 bits per heavy atom. The highest BCUT2D eigenvalue weighted by molar-refractivity contribution is 7.16. The molecule has 2 aromatic carbocycles. The molecule has 1 atom stereocenters. The van der Waals surface area contributed by atoms with Gasteiger partial charge in [-0.15, -0.1) is 13.2 Å². The SMILES string of the molecule is C#CN.C=C.C=O.COc1cc(C)cc2sc(=O)[nH]c12.Cc1ccc(-c2nc(CCN)cc3c2OCC3C)cc1. The van der Waals surface area contributed by atoms with Crippen LogP contribution in [0.25, 0.3) is 21.5 Å². The molecule has 0 saturated carbocycles. The Morgan fingerprint density at radius 2 is 1.80 bits per heavy atom. The van der Waals surface area contributed by atoms with E-state index < -0.39 is 0 Å². The summed E-state index contributed by atoms with van der Waals surface area (Å²) in [5.74, 6) is 2.10. The molecule has 3 heterocycles. The van der Waals surface area contributed by atoms with Crippen molar-refractivity contribution in [2.75, 3.05) is 20.3 Å². The summed E-state index contributed by atoms with van der Waals surface area (Å²) in [5, 5.41) is 0. The van der Waals surface area contributed by atoms with Gasteiger partial charge in [-0.1, -0.05) is 54.5 Å². The number of aromatic nitrogens is 2. The molecule has 4 aromatic rings. The van der Waals surface area contributed by atoms with E-state index in [1.54, 1.807) is 13.2 Å².